The first-order valence-corrected chi connectivity index (χ1v) is 14.8. The second-order valence-electron chi connectivity index (χ2n) is 9.84. The Morgan fingerprint density at radius 3 is 2.63 bits per heavy atom. The number of hydrogen-bond donors (Lipinski definition) is 3. The van der Waals surface area contributed by atoms with Gasteiger partial charge in [0, 0.05) is 29.3 Å². The molecule has 0 radical (unpaired) electrons. The van der Waals surface area contributed by atoms with Gasteiger partial charge in [-0.1, -0.05) is 19.9 Å². The van der Waals surface area contributed by atoms with Crippen LogP contribution in [0.1, 0.15) is 37.3 Å². The first-order chi connectivity index (χ1) is 18.4. The standard InChI is InChI=1S/C28H30N5O4P/c1-5-38(35,6-2)24-12-11-22(26(31-24)37-4)29-25-18-9-7-16(13-23(18)32-33-25)20-15-28(20)19-14-17(36-3)8-10-21(19)30-27(28)34/h7-14,20H,5-6,15H2,1-4H3,(H,30,34)(H2,29,32,33)/t20-,28-/m0/s1. The van der Waals surface area contributed by atoms with E-state index in [1.54, 1.807) is 20.3 Å². The zero-order valence-electron chi connectivity index (χ0n) is 21.8. The van der Waals surface area contributed by atoms with E-state index in [0.29, 0.717) is 35.1 Å². The Morgan fingerprint density at radius 1 is 1.08 bits per heavy atom. The van der Waals surface area contributed by atoms with Gasteiger partial charge >= 0.3 is 0 Å². The summed E-state index contributed by atoms with van der Waals surface area (Å²) >= 11 is 0. The first kappa shape index (κ1) is 24.5. The van der Waals surface area contributed by atoms with E-state index in [9.17, 15) is 9.36 Å². The molecule has 1 fully saturated rings. The van der Waals surface area contributed by atoms with E-state index in [4.69, 9.17) is 9.47 Å². The predicted molar refractivity (Wildman–Crippen MR) is 149 cm³/mol. The molecule has 1 saturated carbocycles. The highest BCUT2D eigenvalue weighted by atomic mass is 31.2. The lowest BCUT2D eigenvalue weighted by molar-refractivity contribution is -0.118. The monoisotopic (exact) mass is 531 g/mol. The molecule has 2 aliphatic rings. The van der Waals surface area contributed by atoms with E-state index in [2.05, 4.69) is 37.9 Å². The number of pyridine rings is 1. The van der Waals surface area contributed by atoms with Gasteiger partial charge in [0.05, 0.1) is 25.2 Å². The number of aromatic nitrogens is 3. The van der Waals surface area contributed by atoms with E-state index < -0.39 is 12.6 Å². The summed E-state index contributed by atoms with van der Waals surface area (Å²) in [5, 5.41) is 14.8. The van der Waals surface area contributed by atoms with Crippen LogP contribution in [0.15, 0.2) is 48.5 Å². The molecule has 2 aromatic carbocycles. The van der Waals surface area contributed by atoms with Gasteiger partial charge in [-0.05, 0) is 60.0 Å². The summed E-state index contributed by atoms with van der Waals surface area (Å²) in [5.41, 5.74) is 4.46. The number of carbonyl (C=O) groups is 1. The van der Waals surface area contributed by atoms with Crippen LogP contribution in [-0.2, 0) is 14.8 Å². The van der Waals surface area contributed by atoms with Crippen LogP contribution < -0.4 is 25.5 Å². The van der Waals surface area contributed by atoms with Crippen LogP contribution in [0.25, 0.3) is 10.9 Å². The van der Waals surface area contributed by atoms with Crippen LogP contribution in [0.5, 0.6) is 11.6 Å². The number of rotatable bonds is 8. The van der Waals surface area contributed by atoms with E-state index in [1.165, 1.54) is 0 Å². The number of methoxy groups -OCH3 is 2. The van der Waals surface area contributed by atoms with E-state index in [-0.39, 0.29) is 11.8 Å². The number of ether oxygens (including phenoxy) is 2. The zero-order chi connectivity index (χ0) is 26.7. The summed E-state index contributed by atoms with van der Waals surface area (Å²) in [6, 6.07) is 15.5. The van der Waals surface area contributed by atoms with Crippen LogP contribution in [0.3, 0.4) is 0 Å². The quantitative estimate of drug-likeness (QED) is 0.270. The molecule has 2 aromatic heterocycles. The smallest absolute Gasteiger partial charge is 0.238 e. The third kappa shape index (κ3) is 3.60. The second kappa shape index (κ2) is 8.88. The number of hydrogen-bond acceptors (Lipinski definition) is 7. The fraction of sp³-hybridized carbons (Fsp3) is 0.321. The summed E-state index contributed by atoms with van der Waals surface area (Å²) in [6.07, 6.45) is 1.86. The van der Waals surface area contributed by atoms with Crippen molar-refractivity contribution in [2.24, 2.45) is 0 Å². The molecule has 196 valence electrons. The predicted octanol–water partition coefficient (Wildman–Crippen LogP) is 5.12. The number of amides is 1. The third-order valence-electron chi connectivity index (χ3n) is 8.04. The average Bonchev–Trinajstić information content (AvgIpc) is 3.50. The molecule has 9 nitrogen and oxygen atoms in total. The molecule has 3 N–H and O–H groups in total. The molecule has 1 aliphatic carbocycles. The Kier molecular flexibility index (Phi) is 5.72. The van der Waals surface area contributed by atoms with Crippen LogP contribution in [-0.4, -0.2) is 47.6 Å². The summed E-state index contributed by atoms with van der Waals surface area (Å²) in [7, 11) is 0.654. The Hall–Kier alpha value is -3.84. The van der Waals surface area contributed by atoms with Gasteiger partial charge in [-0.15, -0.1) is 0 Å². The number of nitrogens with zero attached hydrogens (tertiary/aromatic N) is 2. The maximum Gasteiger partial charge on any atom is 0.238 e. The first-order valence-electron chi connectivity index (χ1n) is 12.8. The Morgan fingerprint density at radius 2 is 1.89 bits per heavy atom. The van der Waals surface area contributed by atoms with Crippen molar-refractivity contribution in [1.82, 2.24) is 15.2 Å². The van der Waals surface area contributed by atoms with E-state index >= 15 is 0 Å². The maximum absolute atomic E-state index is 13.1. The fourth-order valence-electron chi connectivity index (χ4n) is 5.63. The van der Waals surface area contributed by atoms with Gasteiger partial charge in [-0.3, -0.25) is 9.89 Å². The molecule has 1 spiro atoms. The van der Waals surface area contributed by atoms with Crippen molar-refractivity contribution in [3.63, 3.8) is 0 Å². The molecule has 1 amide bonds. The van der Waals surface area contributed by atoms with Crippen molar-refractivity contribution in [3.05, 3.63) is 59.7 Å². The number of H-pyrrole nitrogens is 1. The highest BCUT2D eigenvalue weighted by Crippen LogP contribution is 2.65. The van der Waals surface area contributed by atoms with Crippen molar-refractivity contribution in [2.75, 3.05) is 37.2 Å². The minimum Gasteiger partial charge on any atom is -0.497 e. The molecule has 2 atom stereocenters. The van der Waals surface area contributed by atoms with Crippen molar-refractivity contribution in [3.8, 4) is 11.6 Å². The fourth-order valence-corrected chi connectivity index (χ4v) is 7.35. The molecule has 3 heterocycles. The van der Waals surface area contributed by atoms with Gasteiger partial charge in [-0.2, -0.15) is 5.10 Å². The van der Waals surface area contributed by atoms with Gasteiger partial charge in [0.15, 0.2) is 5.82 Å². The SMILES string of the molecule is CCP(=O)(CC)c1ccc(Nc2n[nH]c3cc([C@@H]4C[C@@]45C(=O)Nc4ccc(OC)cc45)ccc23)c(OC)n1. The van der Waals surface area contributed by atoms with Gasteiger partial charge in [0.2, 0.25) is 11.8 Å². The molecular formula is C28H30N5O4P. The van der Waals surface area contributed by atoms with Crippen molar-refractivity contribution in [2.45, 2.75) is 31.6 Å². The minimum absolute atomic E-state index is 0.0385. The molecule has 1 aliphatic heterocycles. The number of benzene rings is 2. The highest BCUT2D eigenvalue weighted by molar-refractivity contribution is 7.71. The van der Waals surface area contributed by atoms with E-state index in [1.807, 2.05) is 44.2 Å². The molecule has 0 bridgehead atoms. The van der Waals surface area contributed by atoms with Gasteiger partial charge < -0.3 is 24.7 Å². The number of aromatic amines is 1. The maximum atomic E-state index is 13.1. The number of carbonyl (C=O) groups excluding carboxylic acids is 1. The minimum atomic E-state index is -2.53. The van der Waals surface area contributed by atoms with Crippen LogP contribution in [0, 0.1) is 0 Å². The van der Waals surface area contributed by atoms with Crippen LogP contribution in [0.2, 0.25) is 0 Å². The summed E-state index contributed by atoms with van der Waals surface area (Å²) in [4.78, 5) is 17.6. The molecule has 0 saturated heterocycles. The van der Waals surface area contributed by atoms with Crippen molar-refractivity contribution < 1.29 is 18.8 Å². The second-order valence-corrected chi connectivity index (χ2v) is 13.3. The highest BCUT2D eigenvalue weighted by Gasteiger charge is 2.65. The molecule has 38 heavy (non-hydrogen) atoms. The third-order valence-corrected chi connectivity index (χ3v) is 11.2. The van der Waals surface area contributed by atoms with Gasteiger partial charge in [-0.25, -0.2) is 4.98 Å². The molecule has 4 aromatic rings. The summed E-state index contributed by atoms with van der Waals surface area (Å²) in [6.45, 7) is 3.85. The van der Waals surface area contributed by atoms with Crippen LogP contribution in [0.4, 0.5) is 17.2 Å². The van der Waals surface area contributed by atoms with E-state index in [0.717, 1.165) is 39.9 Å². The van der Waals surface area contributed by atoms with Crippen LogP contribution >= 0.6 is 7.14 Å². The molecule has 0 unspecified atom stereocenters. The summed E-state index contributed by atoms with van der Waals surface area (Å²) < 4.78 is 24.1. The lowest BCUT2D eigenvalue weighted by atomic mass is 9.91. The lowest BCUT2D eigenvalue weighted by Crippen LogP contribution is -2.21. The zero-order valence-corrected chi connectivity index (χ0v) is 22.7. The van der Waals surface area contributed by atoms with Gasteiger partial charge in [0.1, 0.15) is 24.0 Å². The number of nitrogens with one attached hydrogen (secondary N) is 3. The normalized spacial score (nSPS) is 19.9. The largest absolute Gasteiger partial charge is 0.497 e. The number of fused-ring (bicyclic) bond motifs is 3. The average molecular weight is 532 g/mol. The molecular weight excluding hydrogens is 501 g/mol. The Balaban J connectivity index is 1.29. The molecule has 10 heteroatoms. The Labute approximate surface area is 220 Å². The molecule has 6 rings (SSSR count). The lowest BCUT2D eigenvalue weighted by Gasteiger charge is -2.16. The number of anilines is 3. The van der Waals surface area contributed by atoms with Gasteiger partial charge in [0.25, 0.3) is 0 Å². The van der Waals surface area contributed by atoms with Crippen molar-refractivity contribution in [1.29, 1.82) is 0 Å². The summed E-state index contributed by atoms with van der Waals surface area (Å²) in [5.74, 6) is 1.86. The topological polar surface area (TPSA) is 118 Å². The van der Waals surface area contributed by atoms with Crippen molar-refractivity contribution >= 4 is 46.6 Å². The Bertz CT molecular complexity index is 1630.